The monoisotopic (exact) mass is 393 g/mol. The normalized spacial score (nSPS) is 10.6. The molecule has 1 N–H and O–H groups in total. The number of nitrogens with one attached hydrogen (secondary N) is 1. The van der Waals surface area contributed by atoms with Crippen LogP contribution < -0.4 is 14.8 Å². The van der Waals surface area contributed by atoms with Gasteiger partial charge in [0.1, 0.15) is 11.5 Å². The van der Waals surface area contributed by atoms with Crippen LogP contribution in [0.2, 0.25) is 5.02 Å². The van der Waals surface area contributed by atoms with Crippen molar-refractivity contribution in [1.29, 1.82) is 0 Å². The minimum absolute atomic E-state index is 0.0997. The van der Waals surface area contributed by atoms with E-state index in [1.165, 1.54) is 18.2 Å². The number of ether oxygens (including phenoxy) is 2. The minimum atomic E-state index is -0.548. The molecule has 27 heavy (non-hydrogen) atoms. The molecule has 0 heterocycles. The largest absolute Gasteiger partial charge is 0.497 e. The van der Waals surface area contributed by atoms with Gasteiger partial charge in [0.15, 0.2) is 0 Å². The van der Waals surface area contributed by atoms with Crippen molar-refractivity contribution >= 4 is 28.9 Å². The summed E-state index contributed by atoms with van der Waals surface area (Å²) in [7, 11) is 4.94. The summed E-state index contributed by atoms with van der Waals surface area (Å²) in [6.45, 7) is 0.580. The Kier molecular flexibility index (Phi) is 6.98. The number of likely N-dealkylation sites (N-methyl/N-ethyl adjacent to an activating group) is 1. The number of carbonyl (C=O) groups is 1. The second-order valence-corrected chi connectivity index (χ2v) is 6.23. The number of hydrogen-bond acceptors (Lipinski definition) is 6. The van der Waals surface area contributed by atoms with E-state index in [1.54, 1.807) is 32.2 Å². The highest BCUT2D eigenvalue weighted by molar-refractivity contribution is 6.34. The highest BCUT2D eigenvalue weighted by atomic mass is 35.5. The number of benzene rings is 2. The highest BCUT2D eigenvalue weighted by Gasteiger charge is 2.14. The standard InChI is InChI=1S/C18H20ClN3O5/c1-21(10-12-4-6-14(26-2)9-17(12)27-3)11-18(23)20-16-7-5-13(22(24)25)8-15(16)19/h4-9H,10-11H2,1-3H3,(H,20,23). The number of nitro groups is 1. The van der Waals surface area contributed by atoms with E-state index in [4.69, 9.17) is 21.1 Å². The SMILES string of the molecule is COc1ccc(CN(C)CC(=O)Nc2ccc([N+](=O)[O-])cc2Cl)c(OC)c1. The van der Waals surface area contributed by atoms with E-state index in [9.17, 15) is 14.9 Å². The van der Waals surface area contributed by atoms with Gasteiger partial charge in [-0.3, -0.25) is 19.8 Å². The summed E-state index contributed by atoms with van der Waals surface area (Å²) >= 11 is 5.99. The van der Waals surface area contributed by atoms with Gasteiger partial charge in [0.2, 0.25) is 5.91 Å². The molecular weight excluding hydrogens is 374 g/mol. The van der Waals surface area contributed by atoms with E-state index < -0.39 is 4.92 Å². The van der Waals surface area contributed by atoms with Gasteiger partial charge in [0.05, 0.1) is 36.4 Å². The Balaban J connectivity index is 1.99. The molecule has 0 aliphatic carbocycles. The van der Waals surface area contributed by atoms with Crippen LogP contribution >= 0.6 is 11.6 Å². The molecule has 1 amide bonds. The van der Waals surface area contributed by atoms with E-state index in [0.29, 0.717) is 23.7 Å². The summed E-state index contributed by atoms with van der Waals surface area (Å²) in [5, 5.41) is 13.5. The number of halogens is 1. The van der Waals surface area contributed by atoms with Crippen molar-refractivity contribution in [2.24, 2.45) is 0 Å². The molecule has 0 saturated carbocycles. The van der Waals surface area contributed by atoms with Gasteiger partial charge in [-0.1, -0.05) is 17.7 Å². The molecule has 0 atom stereocenters. The highest BCUT2D eigenvalue weighted by Crippen LogP contribution is 2.27. The number of carbonyl (C=O) groups excluding carboxylic acids is 1. The van der Waals surface area contributed by atoms with Gasteiger partial charge in [-0.05, 0) is 19.2 Å². The number of anilines is 1. The van der Waals surface area contributed by atoms with Gasteiger partial charge in [-0.15, -0.1) is 0 Å². The lowest BCUT2D eigenvalue weighted by atomic mass is 10.2. The van der Waals surface area contributed by atoms with Gasteiger partial charge < -0.3 is 14.8 Å². The summed E-state index contributed by atoms with van der Waals surface area (Å²) in [4.78, 5) is 24.2. The third kappa shape index (κ3) is 5.57. The van der Waals surface area contributed by atoms with Crippen molar-refractivity contribution in [3.63, 3.8) is 0 Å². The van der Waals surface area contributed by atoms with E-state index in [2.05, 4.69) is 5.32 Å². The molecule has 144 valence electrons. The van der Waals surface area contributed by atoms with Crippen LogP contribution in [0.25, 0.3) is 0 Å². The zero-order valence-corrected chi connectivity index (χ0v) is 15.9. The zero-order chi connectivity index (χ0) is 20.0. The third-order valence-corrected chi connectivity index (χ3v) is 4.10. The van der Waals surface area contributed by atoms with Crippen molar-refractivity contribution in [2.45, 2.75) is 6.54 Å². The van der Waals surface area contributed by atoms with Gasteiger partial charge in [-0.2, -0.15) is 0 Å². The van der Waals surface area contributed by atoms with Crippen molar-refractivity contribution < 1.29 is 19.2 Å². The van der Waals surface area contributed by atoms with Crippen LogP contribution in [0.4, 0.5) is 11.4 Å². The summed E-state index contributed by atoms with van der Waals surface area (Å²) in [6.07, 6.45) is 0. The first kappa shape index (κ1) is 20.5. The fourth-order valence-electron chi connectivity index (χ4n) is 2.48. The zero-order valence-electron chi connectivity index (χ0n) is 15.2. The molecule has 9 heteroatoms. The number of nitrogens with zero attached hydrogens (tertiary/aromatic N) is 2. The molecule has 0 aliphatic heterocycles. The number of methoxy groups -OCH3 is 2. The quantitative estimate of drug-likeness (QED) is 0.546. The second-order valence-electron chi connectivity index (χ2n) is 5.82. The number of nitro benzene ring substituents is 1. The maximum absolute atomic E-state index is 12.2. The molecular formula is C18H20ClN3O5. The van der Waals surface area contributed by atoms with E-state index in [-0.39, 0.29) is 23.2 Å². The first-order chi connectivity index (χ1) is 12.8. The van der Waals surface area contributed by atoms with Crippen molar-refractivity contribution in [3.05, 3.63) is 57.1 Å². The molecule has 0 aliphatic rings. The maximum atomic E-state index is 12.2. The van der Waals surface area contributed by atoms with E-state index in [0.717, 1.165) is 5.56 Å². The average molecular weight is 394 g/mol. The van der Waals surface area contributed by atoms with E-state index in [1.807, 2.05) is 12.1 Å². The first-order valence-electron chi connectivity index (χ1n) is 7.97. The maximum Gasteiger partial charge on any atom is 0.271 e. The van der Waals surface area contributed by atoms with Crippen molar-refractivity contribution in [3.8, 4) is 11.5 Å². The Morgan fingerprint density at radius 1 is 1.22 bits per heavy atom. The Morgan fingerprint density at radius 3 is 2.56 bits per heavy atom. The van der Waals surface area contributed by atoms with Crippen molar-refractivity contribution in [2.75, 3.05) is 33.1 Å². The Morgan fingerprint density at radius 2 is 1.96 bits per heavy atom. The summed E-state index contributed by atoms with van der Waals surface area (Å²) in [5.74, 6) is 1.06. The number of rotatable bonds is 8. The molecule has 0 aromatic heterocycles. The fourth-order valence-corrected chi connectivity index (χ4v) is 2.71. The summed E-state index contributed by atoms with van der Waals surface area (Å²) in [5.41, 5.74) is 1.09. The molecule has 2 rings (SSSR count). The number of amides is 1. The number of non-ortho nitro benzene ring substituents is 1. The topological polar surface area (TPSA) is 93.9 Å². The first-order valence-corrected chi connectivity index (χ1v) is 8.35. The lowest BCUT2D eigenvalue weighted by molar-refractivity contribution is -0.384. The lowest BCUT2D eigenvalue weighted by Gasteiger charge is -2.18. The summed E-state index contributed by atoms with van der Waals surface area (Å²) < 4.78 is 10.5. The molecule has 2 aromatic carbocycles. The summed E-state index contributed by atoms with van der Waals surface area (Å²) in [6, 6.07) is 9.36. The molecule has 0 unspecified atom stereocenters. The van der Waals surface area contributed by atoms with Crippen molar-refractivity contribution in [1.82, 2.24) is 4.90 Å². The van der Waals surface area contributed by atoms with Crippen LogP contribution in [0.5, 0.6) is 11.5 Å². The predicted molar refractivity (Wildman–Crippen MR) is 103 cm³/mol. The van der Waals surface area contributed by atoms with Crippen LogP contribution in [0.3, 0.4) is 0 Å². The molecule has 2 aromatic rings. The second kappa shape index (κ2) is 9.20. The Bertz CT molecular complexity index is 844. The van der Waals surface area contributed by atoms with Crippen LogP contribution in [0, 0.1) is 10.1 Å². The van der Waals surface area contributed by atoms with Crippen LogP contribution in [-0.4, -0.2) is 43.5 Å². The van der Waals surface area contributed by atoms with E-state index >= 15 is 0 Å². The van der Waals surface area contributed by atoms with Gasteiger partial charge in [0.25, 0.3) is 5.69 Å². The third-order valence-electron chi connectivity index (χ3n) is 3.79. The predicted octanol–water partition coefficient (Wildman–Crippen LogP) is 3.34. The van der Waals surface area contributed by atoms with Crippen LogP contribution in [0.1, 0.15) is 5.56 Å². The van der Waals surface area contributed by atoms with Gasteiger partial charge >= 0.3 is 0 Å². The molecule has 0 fully saturated rings. The molecule has 0 bridgehead atoms. The Hall–Kier alpha value is -2.84. The molecule has 0 spiro atoms. The van der Waals surface area contributed by atoms with Gasteiger partial charge in [0, 0.05) is 30.3 Å². The fraction of sp³-hybridized carbons (Fsp3) is 0.278. The smallest absolute Gasteiger partial charge is 0.271 e. The molecule has 0 radical (unpaired) electrons. The average Bonchev–Trinajstić information content (AvgIpc) is 2.63. The van der Waals surface area contributed by atoms with Crippen LogP contribution in [-0.2, 0) is 11.3 Å². The number of hydrogen-bond donors (Lipinski definition) is 1. The Labute approximate surface area is 161 Å². The van der Waals surface area contributed by atoms with Gasteiger partial charge in [-0.25, -0.2) is 0 Å². The minimum Gasteiger partial charge on any atom is -0.497 e. The molecule has 8 nitrogen and oxygen atoms in total. The lowest BCUT2D eigenvalue weighted by Crippen LogP contribution is -2.30. The van der Waals surface area contributed by atoms with Crippen LogP contribution in [0.15, 0.2) is 36.4 Å². The molecule has 0 saturated heterocycles.